The van der Waals surface area contributed by atoms with Gasteiger partial charge in [-0.2, -0.15) is 0 Å². The predicted octanol–water partition coefficient (Wildman–Crippen LogP) is 2.50. The largest absolute Gasteiger partial charge is 0.353 e. The summed E-state index contributed by atoms with van der Waals surface area (Å²) in [6, 6.07) is 8.40. The fourth-order valence-electron chi connectivity index (χ4n) is 3.58. The topological polar surface area (TPSA) is 76.0 Å². The number of nitrogens with zero attached hydrogens (tertiary/aromatic N) is 2. The minimum Gasteiger partial charge on any atom is -0.353 e. The van der Waals surface area contributed by atoms with Gasteiger partial charge >= 0.3 is 0 Å². The zero-order valence-corrected chi connectivity index (χ0v) is 17.5. The number of hydrogen-bond donors (Lipinski definition) is 2. The van der Waals surface area contributed by atoms with E-state index in [0.717, 1.165) is 28.2 Å². The molecule has 0 spiro atoms. The summed E-state index contributed by atoms with van der Waals surface area (Å²) in [5.41, 5.74) is 3.35. The molecule has 0 aliphatic carbocycles. The molecule has 1 unspecified atom stereocenters. The van der Waals surface area contributed by atoms with Crippen LogP contribution in [-0.4, -0.2) is 28.5 Å². The van der Waals surface area contributed by atoms with Crippen LogP contribution >= 0.6 is 23.7 Å². The molecule has 2 aromatic heterocycles. The van der Waals surface area contributed by atoms with Gasteiger partial charge in [0.2, 0.25) is 5.91 Å². The van der Waals surface area contributed by atoms with Crippen molar-refractivity contribution in [2.75, 3.05) is 13.1 Å². The fraction of sp³-hybridized carbons (Fsp3) is 0.350. The first-order chi connectivity index (χ1) is 13.0. The van der Waals surface area contributed by atoms with Gasteiger partial charge in [-0.25, -0.2) is 4.98 Å². The molecule has 1 atom stereocenters. The van der Waals surface area contributed by atoms with Gasteiger partial charge in [-0.15, -0.1) is 23.7 Å². The fourth-order valence-corrected chi connectivity index (χ4v) is 4.57. The summed E-state index contributed by atoms with van der Waals surface area (Å²) in [5, 5.41) is 7.02. The molecule has 6 nitrogen and oxygen atoms in total. The molecule has 0 saturated carbocycles. The van der Waals surface area contributed by atoms with Crippen molar-refractivity contribution < 1.29 is 4.79 Å². The van der Waals surface area contributed by atoms with Crippen molar-refractivity contribution in [2.45, 2.75) is 32.9 Å². The average molecular weight is 419 g/mol. The van der Waals surface area contributed by atoms with Crippen molar-refractivity contribution in [3.8, 4) is 0 Å². The molecule has 0 radical (unpaired) electrons. The number of rotatable bonds is 4. The molecule has 1 aromatic carbocycles. The Morgan fingerprint density at radius 3 is 2.96 bits per heavy atom. The summed E-state index contributed by atoms with van der Waals surface area (Å²) in [6.45, 7) is 5.27. The number of fused-ring (bicyclic) bond motifs is 2. The van der Waals surface area contributed by atoms with E-state index in [4.69, 9.17) is 0 Å². The summed E-state index contributed by atoms with van der Waals surface area (Å²) >= 11 is 1.51. The molecular weight excluding hydrogens is 396 g/mol. The zero-order valence-electron chi connectivity index (χ0n) is 15.8. The average Bonchev–Trinajstić information content (AvgIpc) is 2.97. The second kappa shape index (κ2) is 8.43. The predicted molar refractivity (Wildman–Crippen MR) is 115 cm³/mol. The van der Waals surface area contributed by atoms with E-state index in [-0.39, 0.29) is 36.5 Å². The molecule has 148 valence electrons. The highest BCUT2D eigenvalue weighted by Gasteiger charge is 2.20. The zero-order chi connectivity index (χ0) is 19.0. The van der Waals surface area contributed by atoms with E-state index in [1.54, 1.807) is 0 Å². The first kappa shape index (κ1) is 20.5. The minimum atomic E-state index is -0.187. The summed E-state index contributed by atoms with van der Waals surface area (Å²) in [5.74, 6) is -0.187. The number of carbonyl (C=O) groups is 1. The van der Waals surface area contributed by atoms with E-state index in [9.17, 15) is 9.59 Å². The molecule has 3 aromatic rings. The van der Waals surface area contributed by atoms with Gasteiger partial charge < -0.3 is 10.6 Å². The van der Waals surface area contributed by atoms with E-state index in [1.807, 2.05) is 26.0 Å². The summed E-state index contributed by atoms with van der Waals surface area (Å²) < 4.78 is 1.39. The molecule has 0 saturated heterocycles. The number of nitrogens with one attached hydrogen (secondary N) is 2. The molecule has 1 aliphatic rings. The number of carbonyl (C=O) groups excluding carboxylic acids is 1. The highest BCUT2D eigenvalue weighted by Crippen LogP contribution is 2.25. The Hall–Kier alpha value is -2.22. The molecule has 0 fully saturated rings. The standard InChI is InChI=1S/C20H22N4O2S.ClH/c1-12-13(2)27-19-18(12)20(26)24(11-23-19)10-17(25)22-9-16-15-6-4-3-5-14(15)7-8-21-16;/h3-6,11,16,21H,7-10H2,1-2H3,(H,22,25);1H. The van der Waals surface area contributed by atoms with Gasteiger partial charge in [0.25, 0.3) is 5.56 Å². The molecule has 4 rings (SSSR count). The van der Waals surface area contributed by atoms with E-state index >= 15 is 0 Å². The van der Waals surface area contributed by atoms with E-state index < -0.39 is 0 Å². The Morgan fingerprint density at radius 1 is 1.36 bits per heavy atom. The third-order valence-corrected chi connectivity index (χ3v) is 6.30. The van der Waals surface area contributed by atoms with Crippen LogP contribution in [0.4, 0.5) is 0 Å². The second-order valence-corrected chi connectivity index (χ2v) is 8.10. The Morgan fingerprint density at radius 2 is 2.14 bits per heavy atom. The highest BCUT2D eigenvalue weighted by molar-refractivity contribution is 7.18. The number of benzene rings is 1. The van der Waals surface area contributed by atoms with Crippen molar-refractivity contribution in [1.29, 1.82) is 0 Å². The van der Waals surface area contributed by atoms with E-state index in [2.05, 4.69) is 27.8 Å². The van der Waals surface area contributed by atoms with Gasteiger partial charge in [0.1, 0.15) is 11.4 Å². The quantitative estimate of drug-likeness (QED) is 0.682. The smallest absolute Gasteiger partial charge is 0.262 e. The Kier molecular flexibility index (Phi) is 6.17. The number of hydrogen-bond acceptors (Lipinski definition) is 5. The number of aromatic nitrogens is 2. The monoisotopic (exact) mass is 418 g/mol. The van der Waals surface area contributed by atoms with Crippen LogP contribution in [-0.2, 0) is 17.8 Å². The molecule has 2 N–H and O–H groups in total. The number of halogens is 1. The Labute approximate surface area is 173 Å². The van der Waals surface area contributed by atoms with Crippen LogP contribution in [0.3, 0.4) is 0 Å². The van der Waals surface area contributed by atoms with Crippen LogP contribution in [0.5, 0.6) is 0 Å². The van der Waals surface area contributed by atoms with Gasteiger partial charge in [0, 0.05) is 17.5 Å². The highest BCUT2D eigenvalue weighted by atomic mass is 35.5. The Bertz CT molecular complexity index is 1080. The Balaban J connectivity index is 0.00000225. The first-order valence-corrected chi connectivity index (χ1v) is 9.89. The maximum atomic E-state index is 12.7. The number of aryl methyl sites for hydroxylation is 2. The molecule has 3 heterocycles. The van der Waals surface area contributed by atoms with Crippen LogP contribution in [0.15, 0.2) is 35.4 Å². The lowest BCUT2D eigenvalue weighted by molar-refractivity contribution is -0.121. The van der Waals surface area contributed by atoms with E-state index in [1.165, 1.54) is 33.4 Å². The van der Waals surface area contributed by atoms with Crippen LogP contribution < -0.4 is 16.2 Å². The van der Waals surface area contributed by atoms with Gasteiger partial charge in [-0.05, 0) is 43.5 Å². The van der Waals surface area contributed by atoms with Crippen molar-refractivity contribution in [3.63, 3.8) is 0 Å². The molecular formula is C20H23ClN4O2S. The normalized spacial score (nSPS) is 15.7. The first-order valence-electron chi connectivity index (χ1n) is 9.07. The molecule has 1 amide bonds. The number of amides is 1. The van der Waals surface area contributed by atoms with Gasteiger partial charge in [-0.3, -0.25) is 14.2 Å². The molecule has 28 heavy (non-hydrogen) atoms. The molecule has 8 heteroatoms. The van der Waals surface area contributed by atoms with Gasteiger partial charge in [-0.1, -0.05) is 24.3 Å². The van der Waals surface area contributed by atoms with Crippen molar-refractivity contribution >= 4 is 39.9 Å². The third kappa shape index (κ3) is 3.83. The van der Waals surface area contributed by atoms with Crippen molar-refractivity contribution in [3.05, 3.63) is 62.5 Å². The van der Waals surface area contributed by atoms with Crippen LogP contribution in [0.1, 0.15) is 27.6 Å². The SMILES string of the molecule is Cc1sc2ncn(CC(=O)NCC3NCCc4ccccc43)c(=O)c2c1C.Cl. The van der Waals surface area contributed by atoms with E-state index in [0.29, 0.717) is 11.9 Å². The van der Waals surface area contributed by atoms with Crippen molar-refractivity contribution in [2.24, 2.45) is 0 Å². The van der Waals surface area contributed by atoms with Gasteiger partial charge in [0.15, 0.2) is 0 Å². The summed E-state index contributed by atoms with van der Waals surface area (Å²) in [4.78, 5) is 31.3. The maximum Gasteiger partial charge on any atom is 0.262 e. The maximum absolute atomic E-state index is 12.7. The molecule has 0 bridgehead atoms. The van der Waals surface area contributed by atoms with Gasteiger partial charge in [0.05, 0.1) is 11.7 Å². The second-order valence-electron chi connectivity index (χ2n) is 6.90. The summed E-state index contributed by atoms with van der Waals surface area (Å²) in [7, 11) is 0. The van der Waals surface area contributed by atoms with Crippen LogP contribution in [0, 0.1) is 13.8 Å². The third-order valence-electron chi connectivity index (χ3n) is 5.19. The lowest BCUT2D eigenvalue weighted by Gasteiger charge is -2.27. The summed E-state index contributed by atoms with van der Waals surface area (Å²) in [6.07, 6.45) is 2.47. The number of thiophene rings is 1. The van der Waals surface area contributed by atoms with Crippen LogP contribution in [0.2, 0.25) is 0 Å². The molecule has 1 aliphatic heterocycles. The van der Waals surface area contributed by atoms with Crippen LogP contribution in [0.25, 0.3) is 10.2 Å². The lowest BCUT2D eigenvalue weighted by atomic mass is 9.94. The lowest BCUT2D eigenvalue weighted by Crippen LogP contribution is -2.40. The van der Waals surface area contributed by atoms with Crippen molar-refractivity contribution in [1.82, 2.24) is 20.2 Å². The minimum absolute atomic E-state index is 0.